The summed E-state index contributed by atoms with van der Waals surface area (Å²) in [6.45, 7) is 6.06. The third-order valence-electron chi connectivity index (χ3n) is 6.56. The molecule has 1 atom stereocenters. The number of imidazole rings is 1. The van der Waals surface area contributed by atoms with E-state index in [2.05, 4.69) is 41.9 Å². The predicted molar refractivity (Wildman–Crippen MR) is 133 cm³/mol. The van der Waals surface area contributed by atoms with Crippen molar-refractivity contribution in [2.45, 2.75) is 44.9 Å². The molecule has 1 heterocycles. The Labute approximate surface area is 197 Å². The van der Waals surface area contributed by atoms with Crippen LogP contribution in [0.3, 0.4) is 0 Å². The molecule has 1 unspecified atom stereocenters. The van der Waals surface area contributed by atoms with Crippen molar-refractivity contribution < 1.29 is 9.47 Å². The summed E-state index contributed by atoms with van der Waals surface area (Å²) in [4.78, 5) is 4.87. The van der Waals surface area contributed by atoms with Gasteiger partial charge in [0.15, 0.2) is 11.5 Å². The van der Waals surface area contributed by atoms with Gasteiger partial charge < -0.3 is 19.4 Å². The van der Waals surface area contributed by atoms with Gasteiger partial charge in [-0.25, -0.2) is 4.98 Å². The van der Waals surface area contributed by atoms with Crippen molar-refractivity contribution >= 4 is 11.0 Å². The summed E-state index contributed by atoms with van der Waals surface area (Å²) in [7, 11) is 5.33. The van der Waals surface area contributed by atoms with Crippen LogP contribution in [0.5, 0.6) is 11.5 Å². The number of rotatable bonds is 12. The average molecular weight is 449 g/mol. The van der Waals surface area contributed by atoms with Crippen LogP contribution in [0.25, 0.3) is 11.0 Å². The SMILES string of the molecule is COc1ccc(CCCNCCCC(C#N)(c2nc3ccccc3n2C)C(C)C)cc1OC. The largest absolute Gasteiger partial charge is 0.493 e. The Hall–Kier alpha value is -3.04. The van der Waals surface area contributed by atoms with E-state index >= 15 is 0 Å². The predicted octanol–water partition coefficient (Wildman–Crippen LogP) is 5.01. The smallest absolute Gasteiger partial charge is 0.160 e. The Morgan fingerprint density at radius 2 is 1.79 bits per heavy atom. The number of aryl methyl sites for hydroxylation is 2. The lowest BCUT2D eigenvalue weighted by Crippen LogP contribution is -2.35. The number of nitriles is 1. The average Bonchev–Trinajstić information content (AvgIpc) is 3.17. The Kier molecular flexibility index (Phi) is 8.35. The lowest BCUT2D eigenvalue weighted by Gasteiger charge is -2.30. The number of benzene rings is 2. The van der Waals surface area contributed by atoms with E-state index in [4.69, 9.17) is 14.5 Å². The molecule has 3 aromatic rings. The molecule has 33 heavy (non-hydrogen) atoms. The van der Waals surface area contributed by atoms with Crippen molar-refractivity contribution in [1.29, 1.82) is 5.26 Å². The maximum atomic E-state index is 10.3. The number of hydrogen-bond donors (Lipinski definition) is 1. The van der Waals surface area contributed by atoms with Crippen LogP contribution in [0.1, 0.15) is 44.5 Å². The third kappa shape index (κ3) is 5.31. The minimum Gasteiger partial charge on any atom is -0.493 e. The summed E-state index contributed by atoms with van der Waals surface area (Å²) < 4.78 is 12.8. The molecule has 6 nitrogen and oxygen atoms in total. The molecule has 3 rings (SSSR count). The zero-order valence-corrected chi connectivity index (χ0v) is 20.5. The summed E-state index contributed by atoms with van der Waals surface area (Å²) in [5.41, 5.74) is 2.65. The van der Waals surface area contributed by atoms with E-state index in [1.807, 2.05) is 37.4 Å². The highest BCUT2D eigenvalue weighted by molar-refractivity contribution is 5.76. The fourth-order valence-electron chi connectivity index (χ4n) is 4.51. The van der Waals surface area contributed by atoms with Crippen molar-refractivity contribution in [2.24, 2.45) is 13.0 Å². The normalized spacial score (nSPS) is 13.1. The summed E-state index contributed by atoms with van der Waals surface area (Å²) >= 11 is 0. The minimum atomic E-state index is -0.602. The van der Waals surface area contributed by atoms with Gasteiger partial charge in [0.25, 0.3) is 0 Å². The first kappa shape index (κ1) is 24.6. The van der Waals surface area contributed by atoms with Crippen molar-refractivity contribution in [2.75, 3.05) is 27.3 Å². The van der Waals surface area contributed by atoms with Crippen LogP contribution in [0.2, 0.25) is 0 Å². The molecule has 1 aromatic heterocycles. The molecule has 2 aromatic carbocycles. The second-order valence-electron chi connectivity index (χ2n) is 8.87. The van der Waals surface area contributed by atoms with E-state index < -0.39 is 5.41 Å². The molecule has 0 saturated carbocycles. The zero-order chi connectivity index (χ0) is 23.8. The van der Waals surface area contributed by atoms with Gasteiger partial charge in [0.1, 0.15) is 11.2 Å². The molecular formula is C27H36N4O2. The molecule has 0 aliphatic rings. The molecule has 0 saturated heterocycles. The lowest BCUT2D eigenvalue weighted by atomic mass is 9.74. The number of para-hydroxylation sites is 2. The first-order chi connectivity index (χ1) is 16.0. The number of hydrogen-bond acceptors (Lipinski definition) is 5. The van der Waals surface area contributed by atoms with Crippen molar-refractivity contribution in [3.05, 3.63) is 53.9 Å². The van der Waals surface area contributed by atoms with E-state index in [1.165, 1.54) is 5.56 Å². The van der Waals surface area contributed by atoms with Gasteiger partial charge in [0.2, 0.25) is 0 Å². The molecule has 0 fully saturated rings. The van der Waals surface area contributed by atoms with Crippen LogP contribution >= 0.6 is 0 Å². The molecule has 0 amide bonds. The Balaban J connectivity index is 1.53. The van der Waals surface area contributed by atoms with Gasteiger partial charge in [0.05, 0.1) is 31.3 Å². The molecular weight excluding hydrogens is 412 g/mol. The summed E-state index contributed by atoms with van der Waals surface area (Å²) in [6, 6.07) is 16.8. The highest BCUT2D eigenvalue weighted by atomic mass is 16.5. The first-order valence-electron chi connectivity index (χ1n) is 11.7. The molecule has 0 radical (unpaired) electrons. The van der Waals surface area contributed by atoms with Crippen LogP contribution in [0.4, 0.5) is 0 Å². The van der Waals surface area contributed by atoms with E-state index in [-0.39, 0.29) is 5.92 Å². The number of aromatic nitrogens is 2. The van der Waals surface area contributed by atoms with Gasteiger partial charge >= 0.3 is 0 Å². The van der Waals surface area contributed by atoms with Crippen molar-refractivity contribution in [3.8, 4) is 17.6 Å². The minimum absolute atomic E-state index is 0.170. The van der Waals surface area contributed by atoms with E-state index in [0.717, 1.165) is 67.1 Å². The zero-order valence-electron chi connectivity index (χ0n) is 20.5. The molecule has 176 valence electrons. The number of fused-ring (bicyclic) bond motifs is 1. The van der Waals surface area contributed by atoms with E-state index in [1.54, 1.807) is 14.2 Å². The quantitative estimate of drug-likeness (QED) is 0.394. The molecule has 0 bridgehead atoms. The number of nitrogens with one attached hydrogen (secondary N) is 1. The molecule has 0 spiro atoms. The van der Waals surface area contributed by atoms with Gasteiger partial charge in [-0.1, -0.05) is 32.0 Å². The summed E-state index contributed by atoms with van der Waals surface area (Å²) in [5, 5.41) is 13.8. The lowest BCUT2D eigenvalue weighted by molar-refractivity contribution is 0.333. The first-order valence-corrected chi connectivity index (χ1v) is 11.7. The molecule has 1 N–H and O–H groups in total. The number of nitrogens with zero attached hydrogens (tertiary/aromatic N) is 3. The molecule has 0 aliphatic heterocycles. The van der Waals surface area contributed by atoms with Gasteiger partial charge in [-0.15, -0.1) is 0 Å². The fourth-order valence-corrected chi connectivity index (χ4v) is 4.51. The van der Waals surface area contributed by atoms with E-state index in [9.17, 15) is 5.26 Å². The Morgan fingerprint density at radius 3 is 2.45 bits per heavy atom. The summed E-state index contributed by atoms with van der Waals surface area (Å²) in [6.07, 6.45) is 3.71. The molecule has 6 heteroatoms. The van der Waals surface area contributed by atoms with Gasteiger partial charge in [-0.05, 0) is 74.5 Å². The monoisotopic (exact) mass is 448 g/mol. The van der Waals surface area contributed by atoms with Crippen LogP contribution in [-0.4, -0.2) is 36.9 Å². The topological polar surface area (TPSA) is 72.1 Å². The maximum Gasteiger partial charge on any atom is 0.160 e. The highest BCUT2D eigenvalue weighted by Crippen LogP contribution is 2.37. The van der Waals surface area contributed by atoms with Gasteiger partial charge in [-0.2, -0.15) is 5.26 Å². The number of methoxy groups -OCH3 is 2. The standard InChI is InChI=1S/C27H36N4O2/c1-20(2)27(19-28,26-30-22-11-6-7-12-23(22)31(26)3)15-9-17-29-16-8-10-21-13-14-24(32-4)25(18-21)33-5/h6-7,11-14,18,20,29H,8-10,15-17H2,1-5H3. The van der Waals surface area contributed by atoms with Gasteiger partial charge in [0, 0.05) is 7.05 Å². The van der Waals surface area contributed by atoms with Crippen molar-refractivity contribution in [3.63, 3.8) is 0 Å². The highest BCUT2D eigenvalue weighted by Gasteiger charge is 2.39. The molecule has 0 aliphatic carbocycles. The Morgan fingerprint density at radius 1 is 1.06 bits per heavy atom. The second-order valence-corrected chi connectivity index (χ2v) is 8.87. The third-order valence-corrected chi connectivity index (χ3v) is 6.56. The maximum absolute atomic E-state index is 10.3. The van der Waals surface area contributed by atoms with Crippen LogP contribution in [0.15, 0.2) is 42.5 Å². The van der Waals surface area contributed by atoms with Crippen molar-refractivity contribution in [1.82, 2.24) is 14.9 Å². The van der Waals surface area contributed by atoms with Crippen LogP contribution in [-0.2, 0) is 18.9 Å². The van der Waals surface area contributed by atoms with Crippen LogP contribution in [0, 0.1) is 17.2 Å². The fraction of sp³-hybridized carbons (Fsp3) is 0.481. The number of ether oxygens (including phenoxy) is 2. The Bertz CT molecular complexity index is 1100. The van der Waals surface area contributed by atoms with E-state index in [0.29, 0.717) is 0 Å². The second kappa shape index (κ2) is 11.2. The van der Waals surface area contributed by atoms with Gasteiger partial charge in [-0.3, -0.25) is 0 Å². The van der Waals surface area contributed by atoms with Crippen LogP contribution < -0.4 is 14.8 Å². The summed E-state index contributed by atoms with van der Waals surface area (Å²) in [5.74, 6) is 2.57.